The van der Waals surface area contributed by atoms with Crippen LogP contribution in [-0.2, 0) is 13.0 Å². The molecule has 4 N–H and O–H groups in total. The number of thiophene rings is 1. The van der Waals surface area contributed by atoms with Gasteiger partial charge in [0.05, 0.1) is 5.56 Å². The molecule has 0 saturated heterocycles. The van der Waals surface area contributed by atoms with Crippen LogP contribution in [-0.4, -0.2) is 29.9 Å². The summed E-state index contributed by atoms with van der Waals surface area (Å²) in [7, 11) is 0. The first-order chi connectivity index (χ1) is 14.4. The Morgan fingerprint density at radius 2 is 1.87 bits per heavy atom. The number of anilines is 2. The molecule has 3 amide bonds. The van der Waals surface area contributed by atoms with Gasteiger partial charge in [0, 0.05) is 30.2 Å². The number of urea groups is 1. The van der Waals surface area contributed by atoms with E-state index in [1.54, 1.807) is 0 Å². The highest BCUT2D eigenvalue weighted by Crippen LogP contribution is 2.37. The molecule has 0 aliphatic carbocycles. The maximum atomic E-state index is 12.6. The molecule has 0 spiro atoms. The van der Waals surface area contributed by atoms with Crippen molar-refractivity contribution in [1.29, 1.82) is 0 Å². The van der Waals surface area contributed by atoms with Gasteiger partial charge in [0.2, 0.25) is 0 Å². The number of halogens is 1. The van der Waals surface area contributed by atoms with Crippen LogP contribution in [0.15, 0.2) is 42.5 Å². The van der Waals surface area contributed by atoms with E-state index in [0.29, 0.717) is 22.2 Å². The van der Waals surface area contributed by atoms with Crippen LogP contribution < -0.4 is 16.4 Å². The van der Waals surface area contributed by atoms with Crippen LogP contribution in [0.4, 0.5) is 15.5 Å². The third kappa shape index (κ3) is 5.18. The maximum Gasteiger partial charge on any atom is 0.324 e. The van der Waals surface area contributed by atoms with Crippen LogP contribution in [0.5, 0.6) is 0 Å². The SMILES string of the molecule is CC(C)CN1CCc2c(sc(NC(=O)Nc3ccc4ccccc4c3)c2C(N)=O)C1.Cl. The summed E-state index contributed by atoms with van der Waals surface area (Å²) in [5.41, 5.74) is 7.79. The van der Waals surface area contributed by atoms with Crippen molar-refractivity contribution < 1.29 is 9.59 Å². The highest BCUT2D eigenvalue weighted by atomic mass is 35.5. The fourth-order valence-electron chi connectivity index (χ4n) is 4.01. The van der Waals surface area contributed by atoms with Crippen LogP contribution in [0.1, 0.15) is 34.6 Å². The van der Waals surface area contributed by atoms with Gasteiger partial charge in [0.1, 0.15) is 5.00 Å². The molecule has 0 fully saturated rings. The van der Waals surface area contributed by atoms with Gasteiger partial charge >= 0.3 is 6.03 Å². The van der Waals surface area contributed by atoms with Crippen molar-refractivity contribution in [2.45, 2.75) is 26.8 Å². The first-order valence-electron chi connectivity index (χ1n) is 10.1. The number of nitrogens with zero attached hydrogens (tertiary/aromatic N) is 1. The van der Waals surface area contributed by atoms with Gasteiger partial charge in [-0.3, -0.25) is 15.0 Å². The van der Waals surface area contributed by atoms with Crippen molar-refractivity contribution in [3.8, 4) is 0 Å². The fraction of sp³-hybridized carbons (Fsp3) is 0.304. The van der Waals surface area contributed by atoms with Gasteiger partial charge in [-0.25, -0.2) is 4.79 Å². The molecule has 2 heterocycles. The van der Waals surface area contributed by atoms with E-state index in [1.165, 1.54) is 11.3 Å². The number of benzene rings is 2. The van der Waals surface area contributed by atoms with E-state index >= 15 is 0 Å². The average Bonchev–Trinajstić information content (AvgIpc) is 3.04. The molecule has 1 aliphatic heterocycles. The lowest BCUT2D eigenvalue weighted by molar-refractivity contribution is 0.0999. The van der Waals surface area contributed by atoms with Crippen molar-refractivity contribution in [2.24, 2.45) is 11.7 Å². The summed E-state index contributed by atoms with van der Waals surface area (Å²) < 4.78 is 0. The van der Waals surface area contributed by atoms with Gasteiger partial charge in [-0.05, 0) is 40.8 Å². The molecule has 3 aromatic rings. The number of carbonyl (C=O) groups is 2. The van der Waals surface area contributed by atoms with E-state index in [-0.39, 0.29) is 18.4 Å². The summed E-state index contributed by atoms with van der Waals surface area (Å²) in [6.45, 7) is 7.08. The number of nitrogens with two attached hydrogens (primary N) is 1. The Labute approximate surface area is 192 Å². The molecule has 1 aromatic heterocycles. The van der Waals surface area contributed by atoms with Crippen LogP contribution in [0.2, 0.25) is 0 Å². The molecule has 0 radical (unpaired) electrons. The predicted molar refractivity (Wildman–Crippen MR) is 130 cm³/mol. The van der Waals surface area contributed by atoms with Crippen molar-refractivity contribution in [3.05, 3.63) is 58.5 Å². The second-order valence-electron chi connectivity index (χ2n) is 8.09. The largest absolute Gasteiger partial charge is 0.365 e. The first-order valence-corrected chi connectivity index (χ1v) is 11.0. The summed E-state index contributed by atoms with van der Waals surface area (Å²) in [5.74, 6) is 0.0817. The van der Waals surface area contributed by atoms with Crippen molar-refractivity contribution in [1.82, 2.24) is 4.90 Å². The van der Waals surface area contributed by atoms with Crippen LogP contribution in [0, 0.1) is 5.92 Å². The molecule has 4 rings (SSSR count). The van der Waals surface area contributed by atoms with Crippen molar-refractivity contribution in [3.63, 3.8) is 0 Å². The second kappa shape index (κ2) is 9.68. The number of rotatable bonds is 5. The average molecular weight is 459 g/mol. The summed E-state index contributed by atoms with van der Waals surface area (Å²) in [5, 5.41) is 8.39. The van der Waals surface area contributed by atoms with E-state index in [4.69, 9.17) is 5.73 Å². The molecule has 2 aromatic carbocycles. The predicted octanol–water partition coefficient (Wildman–Crippen LogP) is 5.08. The van der Waals surface area contributed by atoms with E-state index in [1.807, 2.05) is 42.5 Å². The number of carbonyl (C=O) groups excluding carboxylic acids is 2. The number of amides is 3. The Hall–Kier alpha value is -2.61. The second-order valence-corrected chi connectivity index (χ2v) is 9.20. The van der Waals surface area contributed by atoms with Crippen LogP contribution in [0.25, 0.3) is 10.8 Å². The van der Waals surface area contributed by atoms with Crippen molar-refractivity contribution >= 4 is 57.1 Å². The lowest BCUT2D eigenvalue weighted by atomic mass is 10.0. The summed E-state index contributed by atoms with van der Waals surface area (Å²) in [6.07, 6.45) is 0.769. The summed E-state index contributed by atoms with van der Waals surface area (Å²) in [6, 6.07) is 13.3. The molecule has 0 saturated carbocycles. The topological polar surface area (TPSA) is 87.5 Å². The molecule has 0 bridgehead atoms. The molecule has 1 aliphatic rings. The minimum atomic E-state index is -0.495. The lowest BCUT2D eigenvalue weighted by Gasteiger charge is -2.28. The van der Waals surface area contributed by atoms with Crippen molar-refractivity contribution in [2.75, 3.05) is 23.7 Å². The monoisotopic (exact) mass is 458 g/mol. The number of fused-ring (bicyclic) bond motifs is 2. The molecule has 31 heavy (non-hydrogen) atoms. The van der Waals surface area contributed by atoms with E-state index < -0.39 is 5.91 Å². The summed E-state index contributed by atoms with van der Waals surface area (Å²) in [4.78, 5) is 28.3. The lowest BCUT2D eigenvalue weighted by Crippen LogP contribution is -2.33. The Morgan fingerprint density at radius 1 is 1.13 bits per heavy atom. The number of nitrogens with one attached hydrogen (secondary N) is 2. The molecule has 6 nitrogen and oxygen atoms in total. The molecule has 164 valence electrons. The normalized spacial score (nSPS) is 13.5. The third-order valence-corrected chi connectivity index (χ3v) is 6.37. The zero-order chi connectivity index (χ0) is 21.3. The highest BCUT2D eigenvalue weighted by Gasteiger charge is 2.27. The third-order valence-electron chi connectivity index (χ3n) is 5.24. The Kier molecular flexibility index (Phi) is 7.20. The fourth-order valence-corrected chi connectivity index (χ4v) is 5.30. The quantitative estimate of drug-likeness (QED) is 0.498. The molecular weight excluding hydrogens is 432 g/mol. The van der Waals surface area contributed by atoms with Gasteiger partial charge in [-0.2, -0.15) is 0 Å². The molecule has 0 atom stereocenters. The zero-order valence-corrected chi connectivity index (χ0v) is 19.2. The first kappa shape index (κ1) is 23.1. The van der Waals surface area contributed by atoms with Crippen LogP contribution >= 0.6 is 23.7 Å². The van der Waals surface area contributed by atoms with Gasteiger partial charge in [0.15, 0.2) is 0 Å². The maximum absolute atomic E-state index is 12.6. The number of primary amides is 1. The smallest absolute Gasteiger partial charge is 0.324 e. The standard InChI is InChI=1S/C23H26N4O2S.ClH/c1-14(2)12-27-10-9-18-19(13-27)30-22(20(18)21(24)28)26-23(29)25-17-8-7-15-5-3-4-6-16(15)11-17;/h3-8,11,14H,9-10,12-13H2,1-2H3,(H2,24,28)(H2,25,26,29);1H. The highest BCUT2D eigenvalue weighted by molar-refractivity contribution is 7.17. The van der Waals surface area contributed by atoms with E-state index in [0.717, 1.165) is 47.3 Å². The summed E-state index contributed by atoms with van der Waals surface area (Å²) >= 11 is 1.45. The minimum Gasteiger partial charge on any atom is -0.365 e. The van der Waals surface area contributed by atoms with E-state index in [2.05, 4.69) is 29.4 Å². The number of hydrogen-bond acceptors (Lipinski definition) is 4. The Morgan fingerprint density at radius 3 is 2.58 bits per heavy atom. The van der Waals surface area contributed by atoms with Gasteiger partial charge in [-0.15, -0.1) is 23.7 Å². The van der Waals surface area contributed by atoms with Gasteiger partial charge < -0.3 is 11.1 Å². The molecular formula is C23H27ClN4O2S. The molecule has 8 heteroatoms. The van der Waals surface area contributed by atoms with E-state index in [9.17, 15) is 9.59 Å². The van der Waals surface area contributed by atoms with Crippen LogP contribution in [0.3, 0.4) is 0 Å². The molecule has 0 unspecified atom stereocenters. The number of hydrogen-bond donors (Lipinski definition) is 3. The zero-order valence-electron chi connectivity index (χ0n) is 17.6. The minimum absolute atomic E-state index is 0. The Bertz CT molecular complexity index is 1110. The Balaban J connectivity index is 0.00000272. The van der Waals surface area contributed by atoms with Gasteiger partial charge in [-0.1, -0.05) is 44.2 Å². The van der Waals surface area contributed by atoms with Gasteiger partial charge in [0.25, 0.3) is 5.91 Å².